The van der Waals surface area contributed by atoms with E-state index in [-0.39, 0.29) is 18.4 Å². The van der Waals surface area contributed by atoms with E-state index in [0.29, 0.717) is 16.9 Å². The van der Waals surface area contributed by atoms with Crippen LogP contribution >= 0.6 is 0 Å². The van der Waals surface area contributed by atoms with Crippen molar-refractivity contribution in [2.45, 2.75) is 52.0 Å². The minimum absolute atomic E-state index is 0.0458. The average molecular weight is 420 g/mol. The number of aryl methyl sites for hydroxylation is 1. The van der Waals surface area contributed by atoms with E-state index in [9.17, 15) is 9.59 Å². The highest BCUT2D eigenvalue weighted by Crippen LogP contribution is 2.29. The molecule has 162 valence electrons. The quantitative estimate of drug-likeness (QED) is 0.590. The van der Waals surface area contributed by atoms with E-state index in [0.717, 1.165) is 43.2 Å². The van der Waals surface area contributed by atoms with Gasteiger partial charge in [-0.1, -0.05) is 25.8 Å². The number of nitrogens with zero attached hydrogens (tertiary/aromatic N) is 1. The zero-order valence-corrected chi connectivity index (χ0v) is 18.1. The second-order valence-corrected chi connectivity index (χ2v) is 7.81. The van der Waals surface area contributed by atoms with Gasteiger partial charge in [0.1, 0.15) is 0 Å². The van der Waals surface area contributed by atoms with Crippen LogP contribution in [0.25, 0.3) is 0 Å². The average Bonchev–Trinajstić information content (AvgIpc) is 3.33. The van der Waals surface area contributed by atoms with Crippen LogP contribution in [0.1, 0.15) is 62.3 Å². The summed E-state index contributed by atoms with van der Waals surface area (Å²) in [6.07, 6.45) is 4.82. The van der Waals surface area contributed by atoms with Crippen molar-refractivity contribution in [1.29, 1.82) is 5.26 Å². The number of ether oxygens (including phenoxy) is 1. The largest absolute Gasteiger partial charge is 0.464 e. The van der Waals surface area contributed by atoms with Crippen molar-refractivity contribution in [3.8, 4) is 6.07 Å². The molecule has 1 aliphatic rings. The molecular weight excluding hydrogens is 390 g/mol. The van der Waals surface area contributed by atoms with Gasteiger partial charge in [0.05, 0.1) is 18.2 Å². The lowest BCUT2D eigenvalue weighted by molar-refractivity contribution is -0.144. The molecule has 0 spiro atoms. The summed E-state index contributed by atoms with van der Waals surface area (Å²) in [5.74, 6) is -0.288. The Morgan fingerprint density at radius 1 is 1.10 bits per heavy atom. The number of amides is 1. The predicted octanol–water partition coefficient (Wildman–Crippen LogP) is 4.97. The van der Waals surface area contributed by atoms with Crippen LogP contribution in [-0.2, 0) is 20.7 Å². The maximum atomic E-state index is 12.8. The lowest BCUT2D eigenvalue weighted by atomic mass is 10.00. The number of anilines is 2. The van der Waals surface area contributed by atoms with Gasteiger partial charge in [-0.2, -0.15) is 5.26 Å². The summed E-state index contributed by atoms with van der Waals surface area (Å²) in [6, 6.07) is 14.0. The molecule has 1 atom stereocenters. The number of nitriles is 1. The summed E-state index contributed by atoms with van der Waals surface area (Å²) in [5, 5.41) is 15.3. The van der Waals surface area contributed by atoms with E-state index in [1.165, 1.54) is 0 Å². The van der Waals surface area contributed by atoms with Crippen molar-refractivity contribution < 1.29 is 14.3 Å². The Hall–Kier alpha value is -3.33. The molecule has 6 nitrogen and oxygen atoms in total. The molecule has 0 aliphatic heterocycles. The van der Waals surface area contributed by atoms with Gasteiger partial charge in [0, 0.05) is 17.3 Å². The molecule has 2 N–H and O–H groups in total. The molecule has 2 aromatic rings. The third kappa shape index (κ3) is 5.85. The first-order chi connectivity index (χ1) is 15.0. The molecule has 0 heterocycles. The highest BCUT2D eigenvalue weighted by molar-refractivity contribution is 5.93. The molecule has 1 saturated carbocycles. The Morgan fingerprint density at radius 2 is 1.81 bits per heavy atom. The summed E-state index contributed by atoms with van der Waals surface area (Å²) in [4.78, 5) is 25.4. The van der Waals surface area contributed by atoms with Gasteiger partial charge in [-0.25, -0.2) is 4.79 Å². The number of hydrogen-bond acceptors (Lipinski definition) is 5. The number of nitrogens with one attached hydrogen (secondary N) is 2. The highest BCUT2D eigenvalue weighted by Gasteiger charge is 2.25. The van der Waals surface area contributed by atoms with Gasteiger partial charge in [0.15, 0.2) is 6.04 Å². The molecule has 6 heteroatoms. The number of rotatable bonds is 8. The number of hydrogen-bond donors (Lipinski definition) is 2. The van der Waals surface area contributed by atoms with Gasteiger partial charge in [0.2, 0.25) is 5.91 Å². The van der Waals surface area contributed by atoms with Crippen molar-refractivity contribution in [2.24, 2.45) is 5.92 Å². The summed E-state index contributed by atoms with van der Waals surface area (Å²) in [6.45, 7) is 4.07. The van der Waals surface area contributed by atoms with Crippen LogP contribution in [0.15, 0.2) is 42.5 Å². The van der Waals surface area contributed by atoms with Crippen LogP contribution in [0, 0.1) is 17.2 Å². The second kappa shape index (κ2) is 10.6. The standard InChI is InChI=1S/C25H29N3O3/c1-3-17-13-20(15-22(14-17)28-24(29)19-7-5-6-8-19)23(25(30)31-4-2)27-21-11-9-18(16-26)10-12-21/h9-15,19,23,27H,3-8H2,1-2H3,(H,28,29). The molecular formula is C25H29N3O3. The molecule has 1 fully saturated rings. The van der Waals surface area contributed by atoms with Gasteiger partial charge < -0.3 is 15.4 Å². The molecule has 0 saturated heterocycles. The van der Waals surface area contributed by atoms with Crippen LogP contribution in [0.5, 0.6) is 0 Å². The minimum atomic E-state index is -0.735. The van der Waals surface area contributed by atoms with Gasteiger partial charge in [-0.3, -0.25) is 4.79 Å². The van der Waals surface area contributed by atoms with E-state index < -0.39 is 12.0 Å². The fraction of sp³-hybridized carbons (Fsp3) is 0.400. The molecule has 31 heavy (non-hydrogen) atoms. The van der Waals surface area contributed by atoms with Crippen molar-refractivity contribution in [3.05, 3.63) is 59.2 Å². The number of carbonyl (C=O) groups excluding carboxylic acids is 2. The van der Waals surface area contributed by atoms with Gasteiger partial charge >= 0.3 is 5.97 Å². The Morgan fingerprint density at radius 3 is 2.42 bits per heavy atom. The smallest absolute Gasteiger partial charge is 0.333 e. The van der Waals surface area contributed by atoms with E-state index in [2.05, 4.69) is 16.7 Å². The lowest BCUT2D eigenvalue weighted by Gasteiger charge is -2.21. The topological polar surface area (TPSA) is 91.2 Å². The van der Waals surface area contributed by atoms with Crippen LogP contribution in [0.3, 0.4) is 0 Å². The van der Waals surface area contributed by atoms with Crippen molar-refractivity contribution in [2.75, 3.05) is 17.2 Å². The molecule has 1 unspecified atom stereocenters. The Kier molecular flexibility index (Phi) is 7.66. The summed E-state index contributed by atoms with van der Waals surface area (Å²) < 4.78 is 5.31. The summed E-state index contributed by atoms with van der Waals surface area (Å²) >= 11 is 0. The van der Waals surface area contributed by atoms with Gasteiger partial charge in [-0.05, 0) is 73.7 Å². The van der Waals surface area contributed by atoms with Gasteiger partial charge in [0.25, 0.3) is 0 Å². The number of esters is 1. The van der Waals surface area contributed by atoms with Crippen LogP contribution < -0.4 is 10.6 Å². The monoisotopic (exact) mass is 419 g/mol. The van der Waals surface area contributed by atoms with Gasteiger partial charge in [-0.15, -0.1) is 0 Å². The van der Waals surface area contributed by atoms with E-state index in [4.69, 9.17) is 10.00 Å². The molecule has 0 aromatic heterocycles. The van der Waals surface area contributed by atoms with Crippen LogP contribution in [0.4, 0.5) is 11.4 Å². The summed E-state index contributed by atoms with van der Waals surface area (Å²) in [5.41, 5.74) is 3.69. The Bertz CT molecular complexity index is 957. The maximum Gasteiger partial charge on any atom is 0.333 e. The van der Waals surface area contributed by atoms with Crippen molar-refractivity contribution >= 4 is 23.3 Å². The fourth-order valence-electron chi connectivity index (χ4n) is 3.91. The molecule has 3 rings (SSSR count). The van der Waals surface area contributed by atoms with E-state index >= 15 is 0 Å². The zero-order valence-electron chi connectivity index (χ0n) is 18.1. The molecule has 2 aromatic carbocycles. The molecule has 0 radical (unpaired) electrons. The fourth-order valence-corrected chi connectivity index (χ4v) is 3.91. The SMILES string of the molecule is CCOC(=O)C(Nc1ccc(C#N)cc1)c1cc(CC)cc(NC(=O)C2CCCC2)c1. The lowest BCUT2D eigenvalue weighted by Crippen LogP contribution is -2.24. The first kappa shape index (κ1) is 22.4. The Labute approximate surface area is 183 Å². The minimum Gasteiger partial charge on any atom is -0.464 e. The van der Waals surface area contributed by atoms with Crippen LogP contribution in [0.2, 0.25) is 0 Å². The highest BCUT2D eigenvalue weighted by atomic mass is 16.5. The first-order valence-corrected chi connectivity index (χ1v) is 10.9. The van der Waals surface area contributed by atoms with E-state index in [1.54, 1.807) is 31.2 Å². The molecule has 0 bridgehead atoms. The first-order valence-electron chi connectivity index (χ1n) is 10.9. The van der Waals surface area contributed by atoms with Crippen molar-refractivity contribution in [1.82, 2.24) is 0 Å². The van der Waals surface area contributed by atoms with E-state index in [1.807, 2.05) is 25.1 Å². The number of benzene rings is 2. The molecule has 1 aliphatic carbocycles. The maximum absolute atomic E-state index is 12.8. The molecule has 1 amide bonds. The Balaban J connectivity index is 1.89. The van der Waals surface area contributed by atoms with Crippen LogP contribution in [-0.4, -0.2) is 18.5 Å². The third-order valence-corrected chi connectivity index (χ3v) is 5.60. The number of carbonyl (C=O) groups is 2. The normalized spacial score (nSPS) is 14.5. The zero-order chi connectivity index (χ0) is 22.2. The second-order valence-electron chi connectivity index (χ2n) is 7.81. The third-order valence-electron chi connectivity index (χ3n) is 5.60. The van der Waals surface area contributed by atoms with Crippen molar-refractivity contribution in [3.63, 3.8) is 0 Å². The predicted molar refractivity (Wildman–Crippen MR) is 121 cm³/mol. The summed E-state index contributed by atoms with van der Waals surface area (Å²) in [7, 11) is 0.